The first-order chi connectivity index (χ1) is 6.99. The molecule has 0 amide bonds. The van der Waals surface area contributed by atoms with E-state index in [0.29, 0.717) is 10.8 Å². The number of carbonyl (C=O) groups is 1. The van der Waals surface area contributed by atoms with Crippen LogP contribution in [0.25, 0.3) is 0 Å². The Labute approximate surface area is 89.2 Å². The molecule has 0 bridgehead atoms. The van der Waals surface area contributed by atoms with Gasteiger partial charge < -0.3 is 10.0 Å². The minimum atomic E-state index is -2.43. The van der Waals surface area contributed by atoms with Gasteiger partial charge in [-0.15, -0.1) is 11.3 Å². The summed E-state index contributed by atoms with van der Waals surface area (Å²) in [5.41, 5.74) is 0.392. The van der Waals surface area contributed by atoms with Crippen LogP contribution in [0, 0.1) is 0 Å². The third-order valence-electron chi connectivity index (χ3n) is 1.61. The van der Waals surface area contributed by atoms with E-state index >= 15 is 0 Å². The number of halogens is 2. The van der Waals surface area contributed by atoms with Crippen molar-refractivity contribution in [3.8, 4) is 0 Å². The Bertz CT molecular complexity index is 343. The van der Waals surface area contributed by atoms with Crippen LogP contribution in [0.4, 0.5) is 13.9 Å². The molecule has 0 fully saturated rings. The standard InChI is InChI=1S/C8H10F2N2O2S/c1-12(3-6(9)10)8-11-5(4-15-8)2-7(13)14/h4,6H,2-3H2,1H3,(H,13,14). The van der Waals surface area contributed by atoms with Crippen molar-refractivity contribution >= 4 is 22.4 Å². The fourth-order valence-electron chi connectivity index (χ4n) is 0.993. The molecule has 1 N–H and O–H groups in total. The van der Waals surface area contributed by atoms with Crippen LogP contribution in [0.2, 0.25) is 0 Å². The molecule has 0 aliphatic carbocycles. The van der Waals surface area contributed by atoms with E-state index in [1.807, 2.05) is 0 Å². The summed E-state index contributed by atoms with van der Waals surface area (Å²) in [7, 11) is 1.50. The van der Waals surface area contributed by atoms with Crippen LogP contribution in [0.1, 0.15) is 5.69 Å². The summed E-state index contributed by atoms with van der Waals surface area (Å²) in [6.07, 6.45) is -2.61. The Morgan fingerprint density at radius 3 is 2.93 bits per heavy atom. The Balaban J connectivity index is 2.62. The van der Waals surface area contributed by atoms with Gasteiger partial charge >= 0.3 is 5.97 Å². The summed E-state index contributed by atoms with van der Waals surface area (Å²) in [5.74, 6) is -0.983. The van der Waals surface area contributed by atoms with E-state index in [9.17, 15) is 13.6 Å². The predicted molar refractivity (Wildman–Crippen MR) is 52.7 cm³/mol. The van der Waals surface area contributed by atoms with Crippen LogP contribution in [0.5, 0.6) is 0 Å². The van der Waals surface area contributed by atoms with E-state index in [0.717, 1.165) is 11.3 Å². The molecular weight excluding hydrogens is 226 g/mol. The van der Waals surface area contributed by atoms with Gasteiger partial charge in [-0.3, -0.25) is 4.79 Å². The molecule has 0 aromatic carbocycles. The minimum Gasteiger partial charge on any atom is -0.481 e. The number of carboxylic acids is 1. The van der Waals surface area contributed by atoms with Gasteiger partial charge in [0.2, 0.25) is 0 Å². The summed E-state index contributed by atoms with van der Waals surface area (Å²) < 4.78 is 24.1. The van der Waals surface area contributed by atoms with Gasteiger partial charge in [-0.05, 0) is 0 Å². The number of aliphatic carboxylic acids is 1. The van der Waals surface area contributed by atoms with Crippen molar-refractivity contribution in [2.24, 2.45) is 0 Å². The van der Waals surface area contributed by atoms with E-state index < -0.39 is 18.9 Å². The van der Waals surface area contributed by atoms with E-state index in [4.69, 9.17) is 5.11 Å². The third-order valence-corrected chi connectivity index (χ3v) is 2.61. The van der Waals surface area contributed by atoms with E-state index in [2.05, 4.69) is 4.98 Å². The molecule has 84 valence electrons. The second-order valence-electron chi connectivity index (χ2n) is 2.96. The molecule has 0 spiro atoms. The molecule has 0 aliphatic rings. The molecule has 0 aliphatic heterocycles. The number of hydrogen-bond acceptors (Lipinski definition) is 4. The molecule has 1 heterocycles. The van der Waals surface area contributed by atoms with Crippen LogP contribution in [-0.2, 0) is 11.2 Å². The number of nitrogens with zero attached hydrogens (tertiary/aromatic N) is 2. The maximum Gasteiger partial charge on any atom is 0.309 e. The molecule has 0 atom stereocenters. The summed E-state index contributed by atoms with van der Waals surface area (Å²) in [4.78, 5) is 15.6. The van der Waals surface area contributed by atoms with Gasteiger partial charge in [0.25, 0.3) is 6.43 Å². The first kappa shape index (κ1) is 11.8. The van der Waals surface area contributed by atoms with Crippen molar-refractivity contribution in [1.29, 1.82) is 0 Å². The average molecular weight is 236 g/mol. The van der Waals surface area contributed by atoms with Gasteiger partial charge in [-0.25, -0.2) is 13.8 Å². The highest BCUT2D eigenvalue weighted by Gasteiger charge is 2.13. The lowest BCUT2D eigenvalue weighted by Crippen LogP contribution is -2.23. The van der Waals surface area contributed by atoms with Crippen LogP contribution in [-0.4, -0.2) is 36.1 Å². The highest BCUT2D eigenvalue weighted by molar-refractivity contribution is 7.13. The molecule has 1 rings (SSSR count). The Hall–Kier alpha value is -1.24. The molecule has 4 nitrogen and oxygen atoms in total. The summed E-state index contributed by atoms with van der Waals surface area (Å²) in [6.45, 7) is -0.403. The Kier molecular flexibility index (Phi) is 3.96. The molecule has 0 unspecified atom stereocenters. The second-order valence-corrected chi connectivity index (χ2v) is 3.80. The summed E-state index contributed by atoms with van der Waals surface area (Å²) in [6, 6.07) is 0. The molecule has 0 saturated carbocycles. The van der Waals surface area contributed by atoms with Gasteiger partial charge in [0, 0.05) is 12.4 Å². The lowest BCUT2D eigenvalue weighted by Gasteiger charge is -2.14. The van der Waals surface area contributed by atoms with Crippen molar-refractivity contribution in [3.05, 3.63) is 11.1 Å². The molecule has 0 saturated heterocycles. The van der Waals surface area contributed by atoms with Crippen LogP contribution in [0.15, 0.2) is 5.38 Å². The lowest BCUT2D eigenvalue weighted by molar-refractivity contribution is -0.136. The van der Waals surface area contributed by atoms with E-state index in [1.165, 1.54) is 11.9 Å². The van der Waals surface area contributed by atoms with Crippen molar-refractivity contribution in [2.45, 2.75) is 12.8 Å². The quantitative estimate of drug-likeness (QED) is 0.841. The van der Waals surface area contributed by atoms with Crippen molar-refractivity contribution < 1.29 is 18.7 Å². The SMILES string of the molecule is CN(CC(F)F)c1nc(CC(=O)O)cs1. The van der Waals surface area contributed by atoms with Crippen molar-refractivity contribution in [1.82, 2.24) is 4.98 Å². The van der Waals surface area contributed by atoms with Gasteiger partial charge in [0.05, 0.1) is 18.7 Å². The van der Waals surface area contributed by atoms with Crippen molar-refractivity contribution in [2.75, 3.05) is 18.5 Å². The van der Waals surface area contributed by atoms with Gasteiger partial charge in [0.15, 0.2) is 5.13 Å². The fourth-order valence-corrected chi connectivity index (χ4v) is 1.79. The number of anilines is 1. The number of carboxylic acid groups (broad SMARTS) is 1. The second kappa shape index (κ2) is 5.01. The molecule has 15 heavy (non-hydrogen) atoms. The zero-order valence-corrected chi connectivity index (χ0v) is 8.80. The van der Waals surface area contributed by atoms with Gasteiger partial charge in [-0.1, -0.05) is 0 Å². The maximum absolute atomic E-state index is 12.0. The number of hydrogen-bond donors (Lipinski definition) is 1. The Morgan fingerprint density at radius 1 is 1.73 bits per heavy atom. The normalized spacial score (nSPS) is 10.7. The highest BCUT2D eigenvalue weighted by Crippen LogP contribution is 2.20. The summed E-state index contributed by atoms with van der Waals surface area (Å²) in [5, 5.41) is 10.5. The van der Waals surface area contributed by atoms with Crippen LogP contribution in [0.3, 0.4) is 0 Å². The summed E-state index contributed by atoms with van der Waals surface area (Å²) >= 11 is 1.16. The van der Waals surface area contributed by atoms with Crippen LogP contribution < -0.4 is 4.90 Å². The maximum atomic E-state index is 12.0. The number of thiazole rings is 1. The number of aromatic nitrogens is 1. The smallest absolute Gasteiger partial charge is 0.309 e. The average Bonchev–Trinajstić information content (AvgIpc) is 2.50. The molecule has 0 radical (unpaired) electrons. The zero-order chi connectivity index (χ0) is 11.4. The third kappa shape index (κ3) is 3.78. The first-order valence-electron chi connectivity index (χ1n) is 4.14. The lowest BCUT2D eigenvalue weighted by atomic mass is 10.3. The molecular formula is C8H10F2N2O2S. The van der Waals surface area contributed by atoms with Gasteiger partial charge in [-0.2, -0.15) is 0 Å². The molecule has 1 aromatic heterocycles. The fraction of sp³-hybridized carbons (Fsp3) is 0.500. The molecule has 7 heteroatoms. The van der Waals surface area contributed by atoms with Crippen LogP contribution >= 0.6 is 11.3 Å². The van der Waals surface area contributed by atoms with Gasteiger partial charge in [0.1, 0.15) is 0 Å². The topological polar surface area (TPSA) is 53.4 Å². The minimum absolute atomic E-state index is 0.182. The first-order valence-corrected chi connectivity index (χ1v) is 5.02. The highest BCUT2D eigenvalue weighted by atomic mass is 32.1. The predicted octanol–water partition coefficient (Wildman–Crippen LogP) is 1.47. The van der Waals surface area contributed by atoms with Crippen molar-refractivity contribution in [3.63, 3.8) is 0 Å². The van der Waals surface area contributed by atoms with E-state index in [-0.39, 0.29) is 6.42 Å². The molecule has 1 aromatic rings. The largest absolute Gasteiger partial charge is 0.481 e. The van der Waals surface area contributed by atoms with E-state index in [1.54, 1.807) is 5.38 Å². The Morgan fingerprint density at radius 2 is 2.40 bits per heavy atom. The number of rotatable bonds is 5. The number of alkyl halides is 2. The zero-order valence-electron chi connectivity index (χ0n) is 7.98. The monoisotopic (exact) mass is 236 g/mol.